The third kappa shape index (κ3) is 2.53. The highest BCUT2D eigenvalue weighted by molar-refractivity contribution is 7.16. The highest BCUT2D eigenvalue weighted by Crippen LogP contribution is 2.29. The molecule has 0 saturated carbocycles. The maximum absolute atomic E-state index is 11.3. The summed E-state index contributed by atoms with van der Waals surface area (Å²) in [7, 11) is 3.78. The average molecular weight is 218 g/mol. The molecule has 72 valence electrons. The minimum Gasteiger partial charge on any atom is -0.298 e. The quantitative estimate of drug-likeness (QED) is 0.776. The molecule has 0 aromatic carbocycles. The van der Waals surface area contributed by atoms with Crippen molar-refractivity contribution in [2.75, 3.05) is 14.1 Å². The minimum atomic E-state index is -0.155. The Bertz CT molecular complexity index is 308. The van der Waals surface area contributed by atoms with Crippen molar-refractivity contribution in [1.29, 1.82) is 0 Å². The van der Waals surface area contributed by atoms with Gasteiger partial charge in [-0.15, -0.1) is 11.3 Å². The molecule has 0 saturated heterocycles. The van der Waals surface area contributed by atoms with E-state index in [2.05, 4.69) is 0 Å². The number of Topliss-reactive ketones (excluding diaryl/α,β-unsaturated/α-hetero) is 1. The standard InChI is InChI=1S/C9H12ClNOS/c1-6(12)9(11(2)3)7-4-5-8(10)13-7/h4-5,9H,1-3H3. The molecule has 0 bridgehead atoms. The van der Waals surface area contributed by atoms with Gasteiger partial charge < -0.3 is 0 Å². The van der Waals surface area contributed by atoms with Crippen LogP contribution in [0.5, 0.6) is 0 Å². The maximum Gasteiger partial charge on any atom is 0.152 e. The number of rotatable bonds is 3. The van der Waals surface area contributed by atoms with Gasteiger partial charge in [0.25, 0.3) is 0 Å². The Labute approximate surface area is 87.1 Å². The number of nitrogens with zero attached hydrogens (tertiary/aromatic N) is 1. The maximum atomic E-state index is 11.3. The van der Waals surface area contributed by atoms with Gasteiger partial charge in [0.2, 0.25) is 0 Å². The predicted molar refractivity (Wildman–Crippen MR) is 56.4 cm³/mol. The SMILES string of the molecule is CC(=O)C(c1ccc(Cl)s1)N(C)C. The molecule has 13 heavy (non-hydrogen) atoms. The van der Waals surface area contributed by atoms with Crippen molar-refractivity contribution in [3.8, 4) is 0 Å². The van der Waals surface area contributed by atoms with E-state index in [1.165, 1.54) is 11.3 Å². The summed E-state index contributed by atoms with van der Waals surface area (Å²) in [6, 6.07) is 3.57. The lowest BCUT2D eigenvalue weighted by atomic mass is 10.1. The highest BCUT2D eigenvalue weighted by atomic mass is 35.5. The molecular formula is C9H12ClNOS. The number of likely N-dealkylation sites (N-methyl/N-ethyl adjacent to an activating group) is 1. The third-order valence-electron chi connectivity index (χ3n) is 1.76. The van der Waals surface area contributed by atoms with Crippen LogP contribution >= 0.6 is 22.9 Å². The van der Waals surface area contributed by atoms with Crippen LogP contribution in [0, 0.1) is 0 Å². The van der Waals surface area contributed by atoms with E-state index in [1.54, 1.807) is 6.92 Å². The fourth-order valence-electron chi connectivity index (χ4n) is 1.29. The summed E-state index contributed by atoms with van der Waals surface area (Å²) >= 11 is 7.26. The molecule has 1 unspecified atom stereocenters. The molecule has 1 atom stereocenters. The van der Waals surface area contributed by atoms with Crippen LogP contribution in [0.25, 0.3) is 0 Å². The van der Waals surface area contributed by atoms with Crippen LogP contribution in [-0.2, 0) is 4.79 Å². The van der Waals surface area contributed by atoms with E-state index in [-0.39, 0.29) is 11.8 Å². The largest absolute Gasteiger partial charge is 0.298 e. The summed E-state index contributed by atoms with van der Waals surface area (Å²) < 4.78 is 0.725. The van der Waals surface area contributed by atoms with Gasteiger partial charge in [0, 0.05) is 4.88 Å². The van der Waals surface area contributed by atoms with Gasteiger partial charge in [-0.1, -0.05) is 11.6 Å². The zero-order chi connectivity index (χ0) is 10.0. The summed E-state index contributed by atoms with van der Waals surface area (Å²) in [5, 5.41) is 0. The van der Waals surface area contributed by atoms with Crippen LogP contribution < -0.4 is 0 Å². The Hall–Kier alpha value is -0.380. The van der Waals surface area contributed by atoms with Crippen molar-refractivity contribution in [1.82, 2.24) is 4.90 Å². The number of ketones is 1. The zero-order valence-corrected chi connectivity index (χ0v) is 9.45. The van der Waals surface area contributed by atoms with E-state index >= 15 is 0 Å². The first-order valence-corrected chi connectivity index (χ1v) is 5.14. The summed E-state index contributed by atoms with van der Waals surface area (Å²) in [5.74, 6) is 0.142. The molecule has 1 rings (SSSR count). The zero-order valence-electron chi connectivity index (χ0n) is 7.87. The second-order valence-electron chi connectivity index (χ2n) is 3.12. The Morgan fingerprint density at radius 2 is 2.15 bits per heavy atom. The smallest absolute Gasteiger partial charge is 0.152 e. The van der Waals surface area contributed by atoms with E-state index in [9.17, 15) is 4.79 Å². The molecule has 1 aromatic rings. The molecule has 2 nitrogen and oxygen atoms in total. The van der Waals surface area contributed by atoms with Crippen LogP contribution in [0.2, 0.25) is 4.34 Å². The Kier molecular flexibility index (Phi) is 3.47. The van der Waals surface area contributed by atoms with E-state index < -0.39 is 0 Å². The average Bonchev–Trinajstić information content (AvgIpc) is 2.34. The fourth-order valence-corrected chi connectivity index (χ4v) is 2.61. The molecule has 1 heterocycles. The number of carbonyl (C=O) groups excluding carboxylic acids is 1. The molecule has 0 spiro atoms. The van der Waals surface area contributed by atoms with Crippen LogP contribution in [-0.4, -0.2) is 24.8 Å². The van der Waals surface area contributed by atoms with Crippen molar-refractivity contribution < 1.29 is 4.79 Å². The van der Waals surface area contributed by atoms with Crippen LogP contribution in [0.1, 0.15) is 17.8 Å². The van der Waals surface area contributed by atoms with Gasteiger partial charge in [-0.3, -0.25) is 9.69 Å². The first-order chi connectivity index (χ1) is 6.02. The minimum absolute atomic E-state index is 0.142. The van der Waals surface area contributed by atoms with Gasteiger partial charge in [0.1, 0.15) is 6.04 Å². The Balaban J connectivity index is 2.95. The summed E-state index contributed by atoms with van der Waals surface area (Å²) in [6.45, 7) is 1.60. The second kappa shape index (κ2) is 4.22. The van der Waals surface area contributed by atoms with Gasteiger partial charge in [0.15, 0.2) is 5.78 Å². The molecule has 0 amide bonds. The van der Waals surface area contributed by atoms with Gasteiger partial charge in [0.05, 0.1) is 4.34 Å². The van der Waals surface area contributed by atoms with E-state index in [0.29, 0.717) is 0 Å². The van der Waals surface area contributed by atoms with Crippen LogP contribution in [0.4, 0.5) is 0 Å². The van der Waals surface area contributed by atoms with Crippen molar-refractivity contribution >= 4 is 28.7 Å². The molecule has 0 aliphatic heterocycles. The van der Waals surface area contributed by atoms with Crippen molar-refractivity contribution in [3.63, 3.8) is 0 Å². The van der Waals surface area contributed by atoms with Gasteiger partial charge >= 0.3 is 0 Å². The topological polar surface area (TPSA) is 20.3 Å². The number of carbonyl (C=O) groups is 1. The molecule has 0 radical (unpaired) electrons. The molecular weight excluding hydrogens is 206 g/mol. The molecule has 4 heteroatoms. The van der Waals surface area contributed by atoms with Crippen molar-refractivity contribution in [2.45, 2.75) is 13.0 Å². The van der Waals surface area contributed by atoms with Crippen LogP contribution in [0.15, 0.2) is 12.1 Å². The summed E-state index contributed by atoms with van der Waals surface area (Å²) in [4.78, 5) is 14.2. The van der Waals surface area contributed by atoms with E-state index in [4.69, 9.17) is 11.6 Å². The van der Waals surface area contributed by atoms with Gasteiger partial charge in [-0.05, 0) is 33.2 Å². The van der Waals surface area contributed by atoms with Crippen molar-refractivity contribution in [3.05, 3.63) is 21.3 Å². The van der Waals surface area contributed by atoms with Gasteiger partial charge in [-0.2, -0.15) is 0 Å². The highest BCUT2D eigenvalue weighted by Gasteiger charge is 2.20. The molecule has 0 aliphatic carbocycles. The Morgan fingerprint density at radius 3 is 2.46 bits per heavy atom. The number of hydrogen-bond donors (Lipinski definition) is 0. The lowest BCUT2D eigenvalue weighted by molar-refractivity contribution is -0.121. The lowest BCUT2D eigenvalue weighted by Gasteiger charge is -2.19. The number of thiophene rings is 1. The molecule has 0 N–H and O–H groups in total. The van der Waals surface area contributed by atoms with E-state index in [1.807, 2.05) is 31.1 Å². The van der Waals surface area contributed by atoms with Gasteiger partial charge in [-0.25, -0.2) is 0 Å². The van der Waals surface area contributed by atoms with E-state index in [0.717, 1.165) is 9.21 Å². The van der Waals surface area contributed by atoms with Crippen molar-refractivity contribution in [2.24, 2.45) is 0 Å². The second-order valence-corrected chi connectivity index (χ2v) is 4.87. The molecule has 0 aliphatic rings. The number of hydrogen-bond acceptors (Lipinski definition) is 3. The fraction of sp³-hybridized carbons (Fsp3) is 0.444. The predicted octanol–water partition coefficient (Wildman–Crippen LogP) is 2.59. The first-order valence-electron chi connectivity index (χ1n) is 3.94. The summed E-state index contributed by atoms with van der Waals surface area (Å²) in [5.41, 5.74) is 0. The van der Waals surface area contributed by atoms with Crippen LogP contribution in [0.3, 0.4) is 0 Å². The monoisotopic (exact) mass is 217 g/mol. The Morgan fingerprint density at radius 1 is 1.54 bits per heavy atom. The molecule has 1 aromatic heterocycles. The molecule has 0 fully saturated rings. The number of halogens is 1. The first kappa shape index (κ1) is 10.7. The summed E-state index contributed by atoms with van der Waals surface area (Å²) in [6.07, 6.45) is 0. The normalized spacial score (nSPS) is 13.3. The lowest BCUT2D eigenvalue weighted by Crippen LogP contribution is -2.24. The third-order valence-corrected chi connectivity index (χ3v) is 3.05.